The van der Waals surface area contributed by atoms with Crippen LogP contribution in [-0.2, 0) is 9.59 Å². The fraction of sp³-hybridized carbons (Fsp3) is 0.429. The van der Waals surface area contributed by atoms with Crippen molar-refractivity contribution in [2.75, 3.05) is 33.2 Å². The largest absolute Gasteiger partial charge is 0.343 e. The summed E-state index contributed by atoms with van der Waals surface area (Å²) in [5.74, 6) is 4.75. The summed E-state index contributed by atoms with van der Waals surface area (Å²) in [6.45, 7) is 2.29. The Balaban J connectivity index is 2.09. The number of nitrogens with two attached hydrogens (primary N) is 1. The first-order chi connectivity index (χ1) is 9.61. The topological polar surface area (TPSA) is 78.7 Å². The number of piperazine rings is 1. The highest BCUT2D eigenvalue weighted by Gasteiger charge is 2.27. The van der Waals surface area contributed by atoms with Crippen molar-refractivity contribution in [3.63, 3.8) is 0 Å². The number of carbonyl (C=O) groups is 2. The summed E-state index contributed by atoms with van der Waals surface area (Å²) in [6.07, 6.45) is 0. The molecule has 20 heavy (non-hydrogen) atoms. The summed E-state index contributed by atoms with van der Waals surface area (Å²) in [5, 5.41) is 0. The molecule has 1 saturated heterocycles. The van der Waals surface area contributed by atoms with Gasteiger partial charge in [-0.3, -0.25) is 19.9 Å². The highest BCUT2D eigenvalue weighted by Crippen LogP contribution is 2.18. The Labute approximate surface area is 118 Å². The van der Waals surface area contributed by atoms with E-state index in [1.54, 1.807) is 11.9 Å². The molecule has 0 radical (unpaired) electrons. The summed E-state index contributed by atoms with van der Waals surface area (Å²) in [7, 11) is 1.79. The fourth-order valence-corrected chi connectivity index (χ4v) is 2.35. The average molecular weight is 276 g/mol. The fourth-order valence-electron chi connectivity index (χ4n) is 2.35. The van der Waals surface area contributed by atoms with E-state index in [0.717, 1.165) is 12.1 Å². The van der Waals surface area contributed by atoms with Crippen molar-refractivity contribution in [2.45, 2.75) is 5.92 Å². The van der Waals surface area contributed by atoms with Gasteiger partial charge in [-0.25, -0.2) is 5.84 Å². The average Bonchev–Trinajstić information content (AvgIpc) is 2.48. The van der Waals surface area contributed by atoms with Gasteiger partial charge in [0.1, 0.15) is 0 Å². The summed E-state index contributed by atoms with van der Waals surface area (Å²) >= 11 is 0. The summed E-state index contributed by atoms with van der Waals surface area (Å²) in [5.41, 5.74) is 3.12. The van der Waals surface area contributed by atoms with Gasteiger partial charge in [0.25, 0.3) is 0 Å². The number of amides is 2. The molecule has 1 aliphatic heterocycles. The van der Waals surface area contributed by atoms with Crippen LogP contribution in [0.25, 0.3) is 0 Å². The minimum absolute atomic E-state index is 0.0798. The molecule has 0 spiro atoms. The van der Waals surface area contributed by atoms with Gasteiger partial charge in [0.2, 0.25) is 11.8 Å². The maximum atomic E-state index is 12.0. The summed E-state index contributed by atoms with van der Waals surface area (Å²) in [4.78, 5) is 27.4. The first-order valence-electron chi connectivity index (χ1n) is 6.63. The van der Waals surface area contributed by atoms with E-state index in [1.807, 2.05) is 35.2 Å². The predicted molar refractivity (Wildman–Crippen MR) is 75.6 cm³/mol. The minimum atomic E-state index is -0.364. The monoisotopic (exact) mass is 276 g/mol. The molecule has 0 aromatic heterocycles. The Kier molecular flexibility index (Phi) is 4.70. The van der Waals surface area contributed by atoms with Crippen LogP contribution in [0.1, 0.15) is 11.5 Å². The van der Waals surface area contributed by atoms with Gasteiger partial charge < -0.3 is 4.90 Å². The molecule has 0 aliphatic carbocycles. The third-order valence-corrected chi connectivity index (χ3v) is 3.64. The maximum absolute atomic E-state index is 12.0. The third kappa shape index (κ3) is 3.34. The van der Waals surface area contributed by atoms with Gasteiger partial charge >= 0.3 is 0 Å². The van der Waals surface area contributed by atoms with E-state index in [0.29, 0.717) is 19.6 Å². The van der Waals surface area contributed by atoms with E-state index in [-0.39, 0.29) is 17.7 Å². The molecule has 0 bridgehead atoms. The third-order valence-electron chi connectivity index (χ3n) is 3.64. The molecule has 1 fully saturated rings. The molecule has 1 aliphatic rings. The lowest BCUT2D eigenvalue weighted by Crippen LogP contribution is -2.51. The number of benzene rings is 1. The van der Waals surface area contributed by atoms with E-state index in [1.165, 1.54) is 0 Å². The Hall–Kier alpha value is -1.92. The van der Waals surface area contributed by atoms with Crippen LogP contribution in [-0.4, -0.2) is 54.8 Å². The quantitative estimate of drug-likeness (QED) is 0.443. The molecule has 2 amide bonds. The number of rotatable bonds is 4. The zero-order chi connectivity index (χ0) is 14.5. The number of hydrazine groups is 1. The molecule has 1 heterocycles. The first-order valence-corrected chi connectivity index (χ1v) is 6.63. The van der Waals surface area contributed by atoms with Gasteiger partial charge in [0, 0.05) is 26.7 Å². The molecule has 108 valence electrons. The van der Waals surface area contributed by atoms with Crippen molar-refractivity contribution in [3.05, 3.63) is 35.9 Å². The van der Waals surface area contributed by atoms with Gasteiger partial charge in [-0.15, -0.1) is 0 Å². The van der Waals surface area contributed by atoms with Crippen LogP contribution in [0.3, 0.4) is 0 Å². The normalized spacial score (nSPS) is 17.9. The van der Waals surface area contributed by atoms with Gasteiger partial charge in [-0.2, -0.15) is 0 Å². The highest BCUT2D eigenvalue weighted by molar-refractivity contribution is 5.83. The molecular formula is C14H20N4O2. The van der Waals surface area contributed by atoms with E-state index in [9.17, 15) is 9.59 Å². The highest BCUT2D eigenvalue weighted by atomic mass is 16.2. The second kappa shape index (κ2) is 6.49. The molecule has 1 unspecified atom stereocenters. The number of hydrogen-bond acceptors (Lipinski definition) is 4. The van der Waals surface area contributed by atoms with Crippen LogP contribution in [0, 0.1) is 0 Å². The van der Waals surface area contributed by atoms with Crippen molar-refractivity contribution in [1.29, 1.82) is 0 Å². The van der Waals surface area contributed by atoms with E-state index in [2.05, 4.69) is 5.43 Å². The van der Waals surface area contributed by atoms with Gasteiger partial charge in [-0.05, 0) is 5.56 Å². The van der Waals surface area contributed by atoms with E-state index >= 15 is 0 Å². The van der Waals surface area contributed by atoms with Crippen molar-refractivity contribution in [1.82, 2.24) is 15.2 Å². The molecular weight excluding hydrogens is 256 g/mol. The van der Waals surface area contributed by atoms with Crippen molar-refractivity contribution < 1.29 is 9.59 Å². The molecule has 1 atom stereocenters. The molecule has 6 nitrogen and oxygen atoms in total. The zero-order valence-electron chi connectivity index (χ0n) is 11.6. The number of nitrogens with one attached hydrogen (secondary N) is 1. The van der Waals surface area contributed by atoms with Crippen LogP contribution in [0.4, 0.5) is 0 Å². The second-order valence-corrected chi connectivity index (χ2v) is 5.02. The van der Waals surface area contributed by atoms with Crippen LogP contribution in [0.15, 0.2) is 30.3 Å². The summed E-state index contributed by atoms with van der Waals surface area (Å²) < 4.78 is 0. The van der Waals surface area contributed by atoms with Crippen LogP contribution in [0.5, 0.6) is 0 Å². The number of likely N-dealkylation sites (N-methyl/N-ethyl adjacent to an activating group) is 1. The van der Waals surface area contributed by atoms with Crippen LogP contribution < -0.4 is 11.3 Å². The van der Waals surface area contributed by atoms with Gasteiger partial charge in [0.15, 0.2) is 0 Å². The first kappa shape index (κ1) is 14.5. The smallest absolute Gasteiger partial charge is 0.242 e. The number of carbonyl (C=O) groups excluding carboxylic acids is 2. The number of nitrogens with zero attached hydrogens (tertiary/aromatic N) is 2. The van der Waals surface area contributed by atoms with Crippen LogP contribution in [0.2, 0.25) is 0 Å². The zero-order valence-corrected chi connectivity index (χ0v) is 11.6. The number of hydrogen-bond donors (Lipinski definition) is 2. The molecule has 1 aromatic rings. The Morgan fingerprint density at radius 2 is 2.05 bits per heavy atom. The predicted octanol–water partition coefficient (Wildman–Crippen LogP) is -0.466. The lowest BCUT2D eigenvalue weighted by atomic mass is 9.97. The lowest BCUT2D eigenvalue weighted by molar-refractivity contribution is -0.135. The SMILES string of the molecule is CN1CCN(CC(C(=O)NN)c2ccccc2)CC1=O. The van der Waals surface area contributed by atoms with Crippen molar-refractivity contribution >= 4 is 11.8 Å². The van der Waals surface area contributed by atoms with Crippen LogP contribution >= 0.6 is 0 Å². The Bertz CT molecular complexity index is 477. The van der Waals surface area contributed by atoms with E-state index in [4.69, 9.17) is 5.84 Å². The molecule has 6 heteroatoms. The Morgan fingerprint density at radius 1 is 1.35 bits per heavy atom. The second-order valence-electron chi connectivity index (χ2n) is 5.02. The van der Waals surface area contributed by atoms with Crippen molar-refractivity contribution in [2.24, 2.45) is 5.84 Å². The Morgan fingerprint density at radius 3 is 2.65 bits per heavy atom. The summed E-state index contributed by atoms with van der Waals surface area (Å²) in [6, 6.07) is 9.48. The molecule has 0 saturated carbocycles. The van der Waals surface area contributed by atoms with E-state index < -0.39 is 0 Å². The molecule has 3 N–H and O–H groups in total. The maximum Gasteiger partial charge on any atom is 0.242 e. The standard InChI is InChI=1S/C14H20N4O2/c1-17-7-8-18(10-13(17)19)9-12(14(20)16-15)11-5-3-2-4-6-11/h2-6,12H,7-10,15H2,1H3,(H,16,20). The molecule has 2 rings (SSSR count). The minimum Gasteiger partial charge on any atom is -0.343 e. The molecule has 1 aromatic carbocycles. The van der Waals surface area contributed by atoms with Gasteiger partial charge in [0.05, 0.1) is 12.5 Å². The lowest BCUT2D eigenvalue weighted by Gasteiger charge is -2.33. The van der Waals surface area contributed by atoms with Gasteiger partial charge in [-0.1, -0.05) is 30.3 Å². The van der Waals surface area contributed by atoms with Crippen molar-refractivity contribution in [3.8, 4) is 0 Å².